The van der Waals surface area contributed by atoms with Crippen molar-refractivity contribution in [3.05, 3.63) is 61.4 Å². The third kappa shape index (κ3) is 4.62. The van der Waals surface area contributed by atoms with E-state index in [-0.39, 0.29) is 5.91 Å². The fourth-order valence-corrected chi connectivity index (χ4v) is 3.69. The maximum Gasteiger partial charge on any atom is 0.264 e. The van der Waals surface area contributed by atoms with Crippen molar-refractivity contribution in [2.75, 3.05) is 6.61 Å². The van der Waals surface area contributed by atoms with Crippen LogP contribution in [0.25, 0.3) is 6.08 Å². The number of amidine groups is 1. The van der Waals surface area contributed by atoms with E-state index in [0.717, 1.165) is 10.0 Å². The van der Waals surface area contributed by atoms with Crippen molar-refractivity contribution in [2.24, 2.45) is 4.99 Å². The second-order valence-corrected chi connectivity index (χ2v) is 7.90. The topological polar surface area (TPSA) is 50.7 Å². The highest BCUT2D eigenvalue weighted by molar-refractivity contribution is 9.10. The SMILES string of the molecule is CCOc1ccc(/C=C2\SC(=Nc3ccc(Br)c(Cl)c3)NC2=O)cc1Cl. The standard InChI is InChI=1S/C18H13BrCl2N2O2S/c1-2-25-15-6-3-10(7-14(15)21)8-16-17(24)23-18(26-16)22-11-4-5-12(19)13(20)9-11/h3-9H,2H2,1H3,(H,22,23,24)/b16-8-. The van der Waals surface area contributed by atoms with Crippen LogP contribution in [0.15, 0.2) is 50.8 Å². The number of carbonyl (C=O) groups excluding carboxylic acids is 1. The van der Waals surface area contributed by atoms with Crippen LogP contribution < -0.4 is 10.1 Å². The minimum absolute atomic E-state index is 0.207. The van der Waals surface area contributed by atoms with Crippen LogP contribution in [0.1, 0.15) is 12.5 Å². The molecular formula is C18H13BrCl2N2O2S. The summed E-state index contributed by atoms with van der Waals surface area (Å²) in [6, 6.07) is 10.7. The summed E-state index contributed by atoms with van der Waals surface area (Å²) in [5, 5.41) is 4.30. The van der Waals surface area contributed by atoms with Crippen LogP contribution in [-0.4, -0.2) is 17.7 Å². The van der Waals surface area contributed by atoms with Gasteiger partial charge in [0.2, 0.25) is 0 Å². The van der Waals surface area contributed by atoms with Gasteiger partial charge in [0.1, 0.15) is 5.75 Å². The molecule has 0 unspecified atom stereocenters. The maximum absolute atomic E-state index is 12.2. The Labute approximate surface area is 173 Å². The molecule has 2 aromatic rings. The average molecular weight is 472 g/mol. The Hall–Kier alpha value is -1.47. The first-order valence-electron chi connectivity index (χ1n) is 7.63. The summed E-state index contributed by atoms with van der Waals surface area (Å²) in [6.07, 6.45) is 1.76. The lowest BCUT2D eigenvalue weighted by Gasteiger charge is -2.05. The predicted molar refractivity (Wildman–Crippen MR) is 113 cm³/mol. The molecule has 0 aromatic heterocycles. The van der Waals surface area contributed by atoms with E-state index >= 15 is 0 Å². The molecule has 26 heavy (non-hydrogen) atoms. The van der Waals surface area contributed by atoms with E-state index < -0.39 is 0 Å². The van der Waals surface area contributed by atoms with Crippen molar-refractivity contribution in [2.45, 2.75) is 6.92 Å². The largest absolute Gasteiger partial charge is 0.492 e. The Morgan fingerprint density at radius 3 is 2.73 bits per heavy atom. The maximum atomic E-state index is 12.2. The highest BCUT2D eigenvalue weighted by Gasteiger charge is 2.24. The molecule has 0 aliphatic carbocycles. The van der Waals surface area contributed by atoms with Crippen LogP contribution in [-0.2, 0) is 4.79 Å². The molecule has 1 N–H and O–H groups in total. The Balaban J connectivity index is 1.81. The molecule has 1 amide bonds. The van der Waals surface area contributed by atoms with E-state index in [2.05, 4.69) is 26.2 Å². The van der Waals surface area contributed by atoms with Crippen molar-refractivity contribution in [3.8, 4) is 5.75 Å². The van der Waals surface area contributed by atoms with E-state index in [1.54, 1.807) is 24.3 Å². The average Bonchev–Trinajstić information content (AvgIpc) is 2.93. The fraction of sp³-hybridized carbons (Fsp3) is 0.111. The molecule has 0 atom stereocenters. The number of halogens is 3. The highest BCUT2D eigenvalue weighted by Crippen LogP contribution is 2.32. The zero-order chi connectivity index (χ0) is 18.7. The molecule has 0 bridgehead atoms. The summed E-state index contributed by atoms with van der Waals surface area (Å²) < 4.78 is 6.20. The summed E-state index contributed by atoms with van der Waals surface area (Å²) in [6.45, 7) is 2.43. The van der Waals surface area contributed by atoms with Crippen LogP contribution in [0.3, 0.4) is 0 Å². The first-order valence-corrected chi connectivity index (χ1v) is 10.00. The molecule has 134 valence electrons. The molecule has 1 heterocycles. The number of hydrogen-bond donors (Lipinski definition) is 1. The molecule has 4 nitrogen and oxygen atoms in total. The van der Waals surface area contributed by atoms with E-state index in [4.69, 9.17) is 27.9 Å². The van der Waals surface area contributed by atoms with Gasteiger partial charge >= 0.3 is 0 Å². The zero-order valence-corrected chi connectivity index (χ0v) is 17.5. The fourth-order valence-electron chi connectivity index (χ4n) is 2.18. The van der Waals surface area contributed by atoms with Crippen LogP contribution in [0.4, 0.5) is 5.69 Å². The molecule has 1 saturated heterocycles. The van der Waals surface area contributed by atoms with Gasteiger partial charge in [-0.25, -0.2) is 4.99 Å². The minimum atomic E-state index is -0.207. The van der Waals surface area contributed by atoms with Gasteiger partial charge in [0.15, 0.2) is 5.17 Å². The highest BCUT2D eigenvalue weighted by atomic mass is 79.9. The number of aliphatic imine (C=N–C) groups is 1. The Bertz CT molecular complexity index is 931. The van der Waals surface area contributed by atoms with Crippen molar-refractivity contribution in [1.82, 2.24) is 5.32 Å². The van der Waals surface area contributed by atoms with Gasteiger partial charge in [0, 0.05) is 4.47 Å². The van der Waals surface area contributed by atoms with Gasteiger partial charge in [-0.2, -0.15) is 0 Å². The summed E-state index contributed by atoms with van der Waals surface area (Å²) in [5.41, 5.74) is 1.47. The van der Waals surface area contributed by atoms with Gasteiger partial charge in [0.25, 0.3) is 5.91 Å². The number of thioether (sulfide) groups is 1. The third-order valence-corrected chi connectivity index (χ3v) is 5.78. The summed E-state index contributed by atoms with van der Waals surface area (Å²) in [5.74, 6) is 0.413. The minimum Gasteiger partial charge on any atom is -0.492 e. The lowest BCUT2D eigenvalue weighted by molar-refractivity contribution is -0.115. The number of hydrogen-bond acceptors (Lipinski definition) is 4. The van der Waals surface area contributed by atoms with Crippen LogP contribution in [0.5, 0.6) is 5.75 Å². The Morgan fingerprint density at radius 2 is 2.04 bits per heavy atom. The van der Waals surface area contributed by atoms with Gasteiger partial charge < -0.3 is 10.1 Å². The van der Waals surface area contributed by atoms with Crippen molar-refractivity contribution in [3.63, 3.8) is 0 Å². The molecule has 3 rings (SSSR count). The quantitative estimate of drug-likeness (QED) is 0.552. The second-order valence-electron chi connectivity index (χ2n) is 5.20. The zero-order valence-electron chi connectivity index (χ0n) is 13.6. The van der Waals surface area contributed by atoms with Crippen LogP contribution in [0, 0.1) is 0 Å². The third-order valence-electron chi connectivity index (χ3n) is 3.34. The molecule has 0 saturated carbocycles. The van der Waals surface area contributed by atoms with Crippen LogP contribution in [0.2, 0.25) is 10.0 Å². The van der Waals surface area contributed by atoms with Crippen molar-refractivity contribution >= 4 is 73.7 Å². The molecule has 0 spiro atoms. The molecule has 8 heteroatoms. The van der Waals surface area contributed by atoms with E-state index in [1.807, 2.05) is 25.1 Å². The number of benzene rings is 2. The first kappa shape index (κ1) is 19.3. The van der Waals surface area contributed by atoms with E-state index in [1.165, 1.54) is 11.8 Å². The lowest BCUT2D eigenvalue weighted by Crippen LogP contribution is -2.19. The number of nitrogens with one attached hydrogen (secondary N) is 1. The Morgan fingerprint density at radius 1 is 1.23 bits per heavy atom. The summed E-state index contributed by atoms with van der Waals surface area (Å²) in [4.78, 5) is 17.1. The molecule has 1 aliphatic heterocycles. The lowest BCUT2D eigenvalue weighted by atomic mass is 10.2. The molecule has 0 radical (unpaired) electrons. The molecule has 1 fully saturated rings. The van der Waals surface area contributed by atoms with Gasteiger partial charge in [-0.1, -0.05) is 29.3 Å². The Kier molecular flexibility index (Phi) is 6.29. The number of carbonyl (C=O) groups is 1. The summed E-state index contributed by atoms with van der Waals surface area (Å²) in [7, 11) is 0. The smallest absolute Gasteiger partial charge is 0.264 e. The van der Waals surface area contributed by atoms with E-state index in [0.29, 0.717) is 38.2 Å². The molecule has 1 aliphatic rings. The number of nitrogens with zero attached hydrogens (tertiary/aromatic N) is 1. The second kappa shape index (κ2) is 8.48. The van der Waals surface area contributed by atoms with Gasteiger partial charge in [0.05, 0.1) is 27.2 Å². The van der Waals surface area contributed by atoms with Gasteiger partial charge in [-0.3, -0.25) is 4.79 Å². The van der Waals surface area contributed by atoms with Crippen molar-refractivity contribution in [1.29, 1.82) is 0 Å². The normalized spacial score (nSPS) is 17.0. The van der Waals surface area contributed by atoms with Crippen molar-refractivity contribution < 1.29 is 9.53 Å². The monoisotopic (exact) mass is 470 g/mol. The molecular weight excluding hydrogens is 459 g/mol. The summed E-state index contributed by atoms with van der Waals surface area (Å²) >= 11 is 16.9. The number of rotatable bonds is 4. The van der Waals surface area contributed by atoms with Crippen LogP contribution >= 0.6 is 50.9 Å². The molecule has 2 aromatic carbocycles. The van der Waals surface area contributed by atoms with Gasteiger partial charge in [-0.05, 0) is 76.6 Å². The number of amides is 1. The predicted octanol–water partition coefficient (Wildman–Crippen LogP) is 6.05. The number of ether oxygens (including phenoxy) is 1. The first-order chi connectivity index (χ1) is 12.5. The van der Waals surface area contributed by atoms with E-state index in [9.17, 15) is 4.79 Å². The van der Waals surface area contributed by atoms with Gasteiger partial charge in [-0.15, -0.1) is 0 Å².